The molecule has 0 aliphatic heterocycles. The third kappa shape index (κ3) is 4.44. The number of halogens is 3. The predicted molar refractivity (Wildman–Crippen MR) is 111 cm³/mol. The van der Waals surface area contributed by atoms with Crippen molar-refractivity contribution >= 4 is 34.8 Å². The molecule has 8 nitrogen and oxygen atoms in total. The fraction of sp³-hybridized carbons (Fsp3) is 0.278. The topological polar surface area (TPSA) is 103 Å². The van der Waals surface area contributed by atoms with Gasteiger partial charge in [-0.05, 0) is 18.6 Å². The van der Waals surface area contributed by atoms with E-state index < -0.39 is 11.2 Å². The molecule has 29 heavy (non-hydrogen) atoms. The molecular weight excluding hydrogens is 441 g/mol. The van der Waals surface area contributed by atoms with Crippen LogP contribution in [-0.2, 0) is 7.05 Å². The minimum absolute atomic E-state index is 0.00667. The van der Waals surface area contributed by atoms with Crippen molar-refractivity contribution in [1.29, 1.82) is 0 Å². The first-order chi connectivity index (χ1) is 13.7. The van der Waals surface area contributed by atoms with Gasteiger partial charge in [0.25, 0.3) is 5.56 Å². The van der Waals surface area contributed by atoms with Crippen molar-refractivity contribution in [3.63, 3.8) is 0 Å². The van der Waals surface area contributed by atoms with E-state index in [0.717, 1.165) is 11.1 Å². The number of hydrogen-bond acceptors (Lipinski definition) is 6. The molecule has 1 atom stereocenters. The highest BCUT2D eigenvalue weighted by Crippen LogP contribution is 2.39. The molecule has 3 aromatic rings. The number of rotatable bonds is 5. The van der Waals surface area contributed by atoms with Gasteiger partial charge in [-0.2, -0.15) is 5.10 Å². The van der Waals surface area contributed by atoms with Gasteiger partial charge in [0.15, 0.2) is 16.6 Å². The number of nitrogens with one attached hydrogen (secondary N) is 1. The zero-order valence-corrected chi connectivity index (χ0v) is 17.9. The van der Waals surface area contributed by atoms with E-state index in [1.165, 1.54) is 25.4 Å². The average molecular weight is 457 g/mol. The second-order valence-corrected chi connectivity index (χ2v) is 7.47. The molecule has 0 spiro atoms. The summed E-state index contributed by atoms with van der Waals surface area (Å²) in [6.07, 6.45) is 2.20. The molecule has 0 amide bonds. The third-order valence-electron chi connectivity index (χ3n) is 4.27. The summed E-state index contributed by atoms with van der Waals surface area (Å²) >= 11 is 18.8. The molecule has 0 aliphatic rings. The fourth-order valence-corrected chi connectivity index (χ4v) is 3.33. The first-order valence-electron chi connectivity index (χ1n) is 8.58. The summed E-state index contributed by atoms with van der Waals surface area (Å²) in [6, 6.07) is 2.92. The van der Waals surface area contributed by atoms with Gasteiger partial charge in [0, 0.05) is 18.5 Å². The molecule has 1 aromatic carbocycles. The van der Waals surface area contributed by atoms with Gasteiger partial charge in [-0.3, -0.25) is 9.78 Å². The number of aromatic amines is 1. The standard InChI is InChI=1S/C18H16Cl3N5O3/c1-4-8(2)13-16(21)22-7-12(23-13)29-15-10(19)5-9(6-11(15)20)14-17(27)24-18(28)26(3)25-14/h5-8H,4H2,1-3H3,(H,24,27,28). The van der Waals surface area contributed by atoms with E-state index in [1.807, 2.05) is 13.8 Å². The van der Waals surface area contributed by atoms with Crippen molar-refractivity contribution < 1.29 is 4.74 Å². The number of H-pyrrole nitrogens is 1. The lowest BCUT2D eigenvalue weighted by Crippen LogP contribution is -2.31. The van der Waals surface area contributed by atoms with Crippen LogP contribution in [0.25, 0.3) is 11.3 Å². The molecule has 0 fully saturated rings. The van der Waals surface area contributed by atoms with Crippen LogP contribution >= 0.6 is 34.8 Å². The summed E-state index contributed by atoms with van der Waals surface area (Å²) in [6.45, 7) is 3.99. The molecule has 0 bridgehead atoms. The lowest BCUT2D eigenvalue weighted by molar-refractivity contribution is 0.455. The van der Waals surface area contributed by atoms with Gasteiger partial charge in [-0.15, -0.1) is 0 Å². The van der Waals surface area contributed by atoms with E-state index >= 15 is 0 Å². The molecule has 2 heterocycles. The zero-order valence-electron chi connectivity index (χ0n) is 15.7. The Morgan fingerprint density at radius 1 is 1.21 bits per heavy atom. The van der Waals surface area contributed by atoms with Crippen molar-refractivity contribution in [3.8, 4) is 22.9 Å². The van der Waals surface area contributed by atoms with Crippen LogP contribution in [0, 0.1) is 0 Å². The molecule has 1 unspecified atom stereocenters. The quantitative estimate of drug-likeness (QED) is 0.617. The predicted octanol–water partition coefficient (Wildman–Crippen LogP) is 4.19. The summed E-state index contributed by atoms with van der Waals surface area (Å²) in [5.41, 5.74) is -0.360. The van der Waals surface area contributed by atoms with Crippen LogP contribution in [0.4, 0.5) is 0 Å². The van der Waals surface area contributed by atoms with Crippen molar-refractivity contribution in [1.82, 2.24) is 24.7 Å². The van der Waals surface area contributed by atoms with E-state index in [1.54, 1.807) is 0 Å². The Balaban J connectivity index is 2.01. The van der Waals surface area contributed by atoms with E-state index in [-0.39, 0.29) is 33.3 Å². The highest BCUT2D eigenvalue weighted by atomic mass is 35.5. The monoisotopic (exact) mass is 455 g/mol. The molecule has 0 aliphatic carbocycles. The van der Waals surface area contributed by atoms with Crippen LogP contribution in [0.3, 0.4) is 0 Å². The molecule has 2 aromatic heterocycles. The number of nitrogens with zero attached hydrogens (tertiary/aromatic N) is 4. The molecule has 11 heteroatoms. The summed E-state index contributed by atoms with van der Waals surface area (Å²) < 4.78 is 6.74. The van der Waals surface area contributed by atoms with Crippen molar-refractivity contribution in [2.75, 3.05) is 0 Å². The molecule has 1 N–H and O–H groups in total. The van der Waals surface area contributed by atoms with E-state index in [2.05, 4.69) is 20.1 Å². The van der Waals surface area contributed by atoms with Crippen molar-refractivity contribution in [3.05, 3.63) is 60.1 Å². The van der Waals surface area contributed by atoms with Gasteiger partial charge in [-0.25, -0.2) is 19.4 Å². The van der Waals surface area contributed by atoms with Gasteiger partial charge in [0.1, 0.15) is 0 Å². The average Bonchev–Trinajstić information content (AvgIpc) is 2.68. The molecular formula is C18H16Cl3N5O3. The number of benzene rings is 1. The maximum Gasteiger partial charge on any atom is 0.344 e. The Kier molecular flexibility index (Phi) is 6.26. The Hall–Kier alpha value is -2.42. The van der Waals surface area contributed by atoms with Gasteiger partial charge in [-0.1, -0.05) is 48.7 Å². The van der Waals surface area contributed by atoms with Crippen molar-refractivity contribution in [2.24, 2.45) is 7.05 Å². The van der Waals surface area contributed by atoms with E-state index in [4.69, 9.17) is 39.5 Å². The third-order valence-corrected chi connectivity index (χ3v) is 5.12. The Morgan fingerprint density at radius 2 is 1.86 bits per heavy atom. The Bertz CT molecular complexity index is 1170. The van der Waals surface area contributed by atoms with Gasteiger partial charge in [0.05, 0.1) is 21.9 Å². The molecule has 0 saturated heterocycles. The first-order valence-corrected chi connectivity index (χ1v) is 9.72. The lowest BCUT2D eigenvalue weighted by atomic mass is 10.1. The van der Waals surface area contributed by atoms with Crippen LogP contribution < -0.4 is 16.0 Å². The highest BCUT2D eigenvalue weighted by molar-refractivity contribution is 6.37. The number of ether oxygens (including phenoxy) is 1. The maximum absolute atomic E-state index is 12.1. The van der Waals surface area contributed by atoms with Crippen LogP contribution in [0.1, 0.15) is 31.9 Å². The van der Waals surface area contributed by atoms with Gasteiger partial charge in [0.2, 0.25) is 5.88 Å². The largest absolute Gasteiger partial charge is 0.434 e. The van der Waals surface area contributed by atoms with Crippen LogP contribution in [0.2, 0.25) is 15.2 Å². The minimum Gasteiger partial charge on any atom is -0.434 e. The number of aryl methyl sites for hydroxylation is 1. The Morgan fingerprint density at radius 3 is 2.48 bits per heavy atom. The minimum atomic E-state index is -0.657. The van der Waals surface area contributed by atoms with E-state index in [0.29, 0.717) is 16.4 Å². The normalized spacial score (nSPS) is 12.1. The second kappa shape index (κ2) is 8.52. The van der Waals surface area contributed by atoms with Crippen molar-refractivity contribution in [2.45, 2.75) is 26.2 Å². The van der Waals surface area contributed by atoms with Gasteiger partial charge >= 0.3 is 5.69 Å². The van der Waals surface area contributed by atoms with Crippen LogP contribution in [0.15, 0.2) is 27.9 Å². The van der Waals surface area contributed by atoms with Gasteiger partial charge < -0.3 is 4.74 Å². The van der Waals surface area contributed by atoms with Crippen LogP contribution in [-0.4, -0.2) is 24.7 Å². The SMILES string of the molecule is CCC(C)c1nc(Oc2c(Cl)cc(-c3nn(C)c(=O)[nH]c3=O)cc2Cl)cnc1Cl. The van der Waals surface area contributed by atoms with E-state index in [9.17, 15) is 9.59 Å². The molecule has 0 saturated carbocycles. The summed E-state index contributed by atoms with van der Waals surface area (Å²) in [5, 5.41) is 4.52. The fourth-order valence-electron chi connectivity index (χ4n) is 2.49. The summed E-state index contributed by atoms with van der Waals surface area (Å²) in [5.74, 6) is 0.416. The lowest BCUT2D eigenvalue weighted by Gasteiger charge is -2.13. The second-order valence-electron chi connectivity index (χ2n) is 6.30. The smallest absolute Gasteiger partial charge is 0.344 e. The highest BCUT2D eigenvalue weighted by Gasteiger charge is 2.18. The molecule has 3 rings (SSSR count). The first kappa shape index (κ1) is 21.3. The number of hydrogen-bond donors (Lipinski definition) is 1. The molecule has 152 valence electrons. The summed E-state index contributed by atoms with van der Waals surface area (Å²) in [7, 11) is 1.41. The molecule has 0 radical (unpaired) electrons. The maximum atomic E-state index is 12.1. The summed E-state index contributed by atoms with van der Waals surface area (Å²) in [4.78, 5) is 34.2. The van der Waals surface area contributed by atoms with Crippen LogP contribution in [0.5, 0.6) is 11.6 Å². The zero-order chi connectivity index (χ0) is 21.3. The number of aromatic nitrogens is 5. The Labute approximate surface area is 180 Å².